The summed E-state index contributed by atoms with van der Waals surface area (Å²) in [6, 6.07) is 6.94. The van der Waals surface area contributed by atoms with E-state index in [4.69, 9.17) is 9.47 Å². The molecule has 98 valence electrons. The fourth-order valence-corrected chi connectivity index (χ4v) is 2.50. The molecule has 4 nitrogen and oxygen atoms in total. The molecule has 0 atom stereocenters. The number of aromatic nitrogens is 2. The third-order valence-electron chi connectivity index (χ3n) is 2.55. The van der Waals surface area contributed by atoms with Crippen LogP contribution in [0.1, 0.15) is 6.42 Å². The van der Waals surface area contributed by atoms with Crippen LogP contribution in [0.15, 0.2) is 40.5 Å². The number of ether oxygens (including phenoxy) is 2. The molecule has 0 saturated heterocycles. The molecule has 0 unspecified atom stereocenters. The lowest BCUT2D eigenvalue weighted by molar-refractivity contribution is 0.297. The van der Waals surface area contributed by atoms with Crippen LogP contribution in [0.4, 0.5) is 4.39 Å². The van der Waals surface area contributed by atoms with Gasteiger partial charge in [0.05, 0.1) is 13.2 Å². The molecule has 0 N–H and O–H groups in total. The zero-order valence-electron chi connectivity index (χ0n) is 10.0. The zero-order chi connectivity index (χ0) is 13.1. The third-order valence-corrected chi connectivity index (χ3v) is 3.47. The molecule has 0 fully saturated rings. The molecule has 1 aromatic carbocycles. The normalized spacial score (nSPS) is 13.9. The molecule has 1 aliphatic rings. The van der Waals surface area contributed by atoms with Gasteiger partial charge in [-0.2, -0.15) is 4.39 Å². The van der Waals surface area contributed by atoms with Crippen LogP contribution in [0.25, 0.3) is 0 Å². The Labute approximate surface area is 114 Å². The van der Waals surface area contributed by atoms with E-state index in [0.717, 1.165) is 22.8 Å². The molecule has 3 rings (SSSR count). The Morgan fingerprint density at radius 2 is 1.89 bits per heavy atom. The molecule has 1 aromatic heterocycles. The molecule has 0 amide bonds. The highest BCUT2D eigenvalue weighted by atomic mass is 32.2. The largest absolute Gasteiger partial charge is 0.490 e. The second kappa shape index (κ2) is 5.44. The van der Waals surface area contributed by atoms with Gasteiger partial charge in [0.2, 0.25) is 5.95 Å². The zero-order valence-corrected chi connectivity index (χ0v) is 10.8. The Kier molecular flexibility index (Phi) is 3.50. The maximum absolute atomic E-state index is 13.0. The molecule has 1 aliphatic heterocycles. The lowest BCUT2D eigenvalue weighted by Gasteiger charge is -2.08. The van der Waals surface area contributed by atoms with Crippen LogP contribution in [0.3, 0.4) is 0 Å². The van der Waals surface area contributed by atoms with Crippen LogP contribution in [0.2, 0.25) is 0 Å². The predicted molar refractivity (Wildman–Crippen MR) is 68.2 cm³/mol. The van der Waals surface area contributed by atoms with E-state index in [1.807, 2.05) is 18.2 Å². The summed E-state index contributed by atoms with van der Waals surface area (Å²) in [4.78, 5) is 8.35. The SMILES string of the molecule is Fc1cc(Sc2ccc3c(c2)OCCCO3)ncn1. The average molecular weight is 278 g/mol. The van der Waals surface area contributed by atoms with Crippen molar-refractivity contribution >= 4 is 11.8 Å². The van der Waals surface area contributed by atoms with Gasteiger partial charge in [0.15, 0.2) is 11.5 Å². The lowest BCUT2D eigenvalue weighted by atomic mass is 10.3. The molecule has 0 saturated carbocycles. The molecule has 6 heteroatoms. The highest BCUT2D eigenvalue weighted by Crippen LogP contribution is 2.35. The minimum Gasteiger partial charge on any atom is -0.490 e. The van der Waals surface area contributed by atoms with Crippen molar-refractivity contribution in [3.8, 4) is 11.5 Å². The van der Waals surface area contributed by atoms with Crippen LogP contribution in [0, 0.1) is 5.95 Å². The number of rotatable bonds is 2. The molecular formula is C13H11FN2O2S. The topological polar surface area (TPSA) is 44.2 Å². The first-order chi connectivity index (χ1) is 9.31. The molecule has 0 spiro atoms. The Bertz CT molecular complexity index is 595. The van der Waals surface area contributed by atoms with E-state index in [0.29, 0.717) is 18.2 Å². The summed E-state index contributed by atoms with van der Waals surface area (Å²) in [5, 5.41) is 0.557. The third kappa shape index (κ3) is 2.96. The second-order valence-corrected chi connectivity index (χ2v) is 5.03. The minimum atomic E-state index is -0.535. The fourth-order valence-electron chi connectivity index (χ4n) is 1.70. The van der Waals surface area contributed by atoms with Gasteiger partial charge in [-0.15, -0.1) is 0 Å². The summed E-state index contributed by atoms with van der Waals surface area (Å²) in [6.45, 7) is 1.31. The fraction of sp³-hybridized carbons (Fsp3) is 0.231. The standard InChI is InChI=1S/C13H11FN2O2S/c14-12-7-13(16-8-15-12)19-9-2-3-10-11(6-9)18-5-1-4-17-10/h2-3,6-8H,1,4-5H2. The molecule has 0 bridgehead atoms. The van der Waals surface area contributed by atoms with E-state index in [1.165, 1.54) is 24.2 Å². The first-order valence-corrected chi connectivity index (χ1v) is 6.68. The van der Waals surface area contributed by atoms with E-state index in [9.17, 15) is 4.39 Å². The first-order valence-electron chi connectivity index (χ1n) is 5.86. The quantitative estimate of drug-likeness (QED) is 0.790. The van der Waals surface area contributed by atoms with E-state index in [2.05, 4.69) is 9.97 Å². The van der Waals surface area contributed by atoms with Crippen LogP contribution in [0.5, 0.6) is 11.5 Å². The van der Waals surface area contributed by atoms with Gasteiger partial charge in [-0.1, -0.05) is 11.8 Å². The number of nitrogens with zero attached hydrogens (tertiary/aromatic N) is 2. The van der Waals surface area contributed by atoms with Gasteiger partial charge in [-0.25, -0.2) is 9.97 Å². The van der Waals surface area contributed by atoms with Gasteiger partial charge in [0.25, 0.3) is 0 Å². The molecule has 19 heavy (non-hydrogen) atoms. The summed E-state index contributed by atoms with van der Waals surface area (Å²) in [7, 11) is 0. The lowest BCUT2D eigenvalue weighted by Crippen LogP contribution is -1.97. The van der Waals surface area contributed by atoms with Crippen molar-refractivity contribution in [1.29, 1.82) is 0 Å². The molecular weight excluding hydrogens is 267 g/mol. The van der Waals surface area contributed by atoms with Gasteiger partial charge < -0.3 is 9.47 Å². The second-order valence-electron chi connectivity index (χ2n) is 3.94. The average Bonchev–Trinajstić information content (AvgIpc) is 2.63. The molecule has 2 heterocycles. The van der Waals surface area contributed by atoms with Crippen LogP contribution < -0.4 is 9.47 Å². The molecule has 2 aromatic rings. The van der Waals surface area contributed by atoms with Gasteiger partial charge >= 0.3 is 0 Å². The van der Waals surface area contributed by atoms with Crippen LogP contribution in [-0.2, 0) is 0 Å². The van der Waals surface area contributed by atoms with Crippen molar-refractivity contribution in [3.05, 3.63) is 36.5 Å². The number of hydrogen-bond donors (Lipinski definition) is 0. The summed E-state index contributed by atoms with van der Waals surface area (Å²) >= 11 is 1.35. The maximum Gasteiger partial charge on any atom is 0.217 e. The maximum atomic E-state index is 13.0. The van der Waals surface area contributed by atoms with Crippen LogP contribution in [-0.4, -0.2) is 23.2 Å². The van der Waals surface area contributed by atoms with Gasteiger partial charge in [0, 0.05) is 17.4 Å². The van der Waals surface area contributed by atoms with Gasteiger partial charge in [-0.3, -0.25) is 0 Å². The number of hydrogen-bond acceptors (Lipinski definition) is 5. The Morgan fingerprint density at radius 1 is 1.05 bits per heavy atom. The van der Waals surface area contributed by atoms with Crippen molar-refractivity contribution in [2.45, 2.75) is 16.3 Å². The summed E-state index contributed by atoms with van der Waals surface area (Å²) < 4.78 is 24.1. The Morgan fingerprint density at radius 3 is 2.74 bits per heavy atom. The Hall–Kier alpha value is -1.82. The van der Waals surface area contributed by atoms with Gasteiger partial charge in [-0.05, 0) is 18.2 Å². The highest BCUT2D eigenvalue weighted by Gasteiger charge is 2.11. The molecule has 0 aliphatic carbocycles. The predicted octanol–water partition coefficient (Wildman–Crippen LogP) is 2.93. The Balaban J connectivity index is 1.84. The first kappa shape index (κ1) is 12.2. The van der Waals surface area contributed by atoms with Crippen LogP contribution >= 0.6 is 11.8 Å². The van der Waals surface area contributed by atoms with Crippen molar-refractivity contribution in [1.82, 2.24) is 9.97 Å². The molecule has 0 radical (unpaired) electrons. The van der Waals surface area contributed by atoms with Crippen molar-refractivity contribution in [2.75, 3.05) is 13.2 Å². The summed E-state index contributed by atoms with van der Waals surface area (Å²) in [6.07, 6.45) is 2.08. The number of fused-ring (bicyclic) bond motifs is 1. The van der Waals surface area contributed by atoms with E-state index >= 15 is 0 Å². The van der Waals surface area contributed by atoms with Crippen molar-refractivity contribution in [3.63, 3.8) is 0 Å². The van der Waals surface area contributed by atoms with E-state index < -0.39 is 5.95 Å². The van der Waals surface area contributed by atoms with Crippen molar-refractivity contribution < 1.29 is 13.9 Å². The monoisotopic (exact) mass is 278 g/mol. The summed E-state index contributed by atoms with van der Waals surface area (Å²) in [5.74, 6) is 0.930. The van der Waals surface area contributed by atoms with E-state index in [1.54, 1.807) is 0 Å². The van der Waals surface area contributed by atoms with Gasteiger partial charge in [0.1, 0.15) is 11.4 Å². The highest BCUT2D eigenvalue weighted by molar-refractivity contribution is 7.99. The van der Waals surface area contributed by atoms with Crippen molar-refractivity contribution in [2.24, 2.45) is 0 Å². The summed E-state index contributed by atoms with van der Waals surface area (Å²) in [5.41, 5.74) is 0. The number of benzene rings is 1. The smallest absolute Gasteiger partial charge is 0.217 e. The number of halogens is 1. The minimum absolute atomic E-state index is 0.535. The van der Waals surface area contributed by atoms with E-state index in [-0.39, 0.29) is 0 Å².